The highest BCUT2D eigenvalue weighted by atomic mass is 16.5. The molecular formula is C16H24N2O2. The molecule has 4 heteroatoms. The molecule has 4 nitrogen and oxygen atoms in total. The minimum Gasteiger partial charge on any atom is -0.497 e. The van der Waals surface area contributed by atoms with Crippen LogP contribution in [-0.4, -0.2) is 25.6 Å². The van der Waals surface area contributed by atoms with Gasteiger partial charge >= 0.3 is 0 Å². The molecule has 0 bridgehead atoms. The molecule has 1 atom stereocenters. The Morgan fingerprint density at radius 2 is 2.10 bits per heavy atom. The zero-order chi connectivity index (χ0) is 14.8. The summed E-state index contributed by atoms with van der Waals surface area (Å²) < 4.78 is 5.08. The summed E-state index contributed by atoms with van der Waals surface area (Å²) in [6.07, 6.45) is 6.42. The number of nitrogens with one attached hydrogen (secondary N) is 1. The van der Waals surface area contributed by atoms with E-state index in [0.29, 0.717) is 6.54 Å². The number of hydrogen-bond donors (Lipinski definition) is 2. The van der Waals surface area contributed by atoms with Crippen LogP contribution < -0.4 is 15.8 Å². The lowest BCUT2D eigenvalue weighted by atomic mass is 10.1. The standard InChI is InChI=1S/C16H24N2O2/c1-3-4-5-14(12-17)18-16(19)11-8-13-6-9-15(20-2)10-7-13/h6-11,14H,3-5,12,17H2,1-2H3,(H,18,19)/b11-8+. The largest absolute Gasteiger partial charge is 0.497 e. The molecule has 1 aromatic rings. The van der Waals surface area contributed by atoms with Gasteiger partial charge in [-0.3, -0.25) is 4.79 Å². The third kappa shape index (κ3) is 5.89. The van der Waals surface area contributed by atoms with Crippen molar-refractivity contribution in [2.75, 3.05) is 13.7 Å². The molecule has 0 radical (unpaired) electrons. The van der Waals surface area contributed by atoms with E-state index in [4.69, 9.17) is 10.5 Å². The van der Waals surface area contributed by atoms with Gasteiger partial charge in [0.1, 0.15) is 5.75 Å². The van der Waals surface area contributed by atoms with Crippen molar-refractivity contribution in [3.8, 4) is 5.75 Å². The van der Waals surface area contributed by atoms with Gasteiger partial charge in [0.2, 0.25) is 5.91 Å². The van der Waals surface area contributed by atoms with Crippen molar-refractivity contribution in [1.29, 1.82) is 0 Å². The van der Waals surface area contributed by atoms with E-state index in [2.05, 4.69) is 12.2 Å². The van der Waals surface area contributed by atoms with E-state index in [1.165, 1.54) is 6.08 Å². The number of rotatable bonds is 8. The predicted octanol–water partition coefficient (Wildman–Crippen LogP) is 2.34. The highest BCUT2D eigenvalue weighted by molar-refractivity contribution is 5.91. The van der Waals surface area contributed by atoms with Crippen LogP contribution in [0, 0.1) is 0 Å². The second kappa shape index (κ2) is 9.15. The molecule has 0 aromatic heterocycles. The number of carbonyl (C=O) groups is 1. The van der Waals surface area contributed by atoms with E-state index in [9.17, 15) is 4.79 Å². The van der Waals surface area contributed by atoms with Gasteiger partial charge in [-0.05, 0) is 30.2 Å². The van der Waals surface area contributed by atoms with Gasteiger partial charge in [0.05, 0.1) is 7.11 Å². The molecule has 0 spiro atoms. The van der Waals surface area contributed by atoms with Crippen LogP contribution in [0.2, 0.25) is 0 Å². The van der Waals surface area contributed by atoms with Crippen LogP contribution >= 0.6 is 0 Å². The van der Waals surface area contributed by atoms with Gasteiger partial charge in [-0.1, -0.05) is 31.9 Å². The Morgan fingerprint density at radius 1 is 1.40 bits per heavy atom. The van der Waals surface area contributed by atoms with Crippen LogP contribution in [0.4, 0.5) is 0 Å². The lowest BCUT2D eigenvalue weighted by Crippen LogP contribution is -2.39. The summed E-state index contributed by atoms with van der Waals surface area (Å²) in [4.78, 5) is 11.8. The number of ether oxygens (including phenoxy) is 1. The third-order valence-electron chi connectivity index (χ3n) is 3.08. The summed E-state index contributed by atoms with van der Waals surface area (Å²) in [5, 5.41) is 2.92. The van der Waals surface area contributed by atoms with E-state index in [1.54, 1.807) is 13.2 Å². The Bertz CT molecular complexity index is 427. The number of carbonyl (C=O) groups excluding carboxylic acids is 1. The van der Waals surface area contributed by atoms with Gasteiger partial charge in [-0.25, -0.2) is 0 Å². The topological polar surface area (TPSA) is 64.3 Å². The fraction of sp³-hybridized carbons (Fsp3) is 0.438. The number of amides is 1. The quantitative estimate of drug-likeness (QED) is 0.716. The van der Waals surface area contributed by atoms with Crippen molar-refractivity contribution < 1.29 is 9.53 Å². The minimum atomic E-state index is -0.104. The molecule has 110 valence electrons. The van der Waals surface area contributed by atoms with Gasteiger partial charge in [-0.2, -0.15) is 0 Å². The molecule has 0 fully saturated rings. The zero-order valence-electron chi connectivity index (χ0n) is 12.3. The fourth-order valence-electron chi connectivity index (χ4n) is 1.84. The molecule has 1 aromatic carbocycles. The van der Waals surface area contributed by atoms with E-state index in [0.717, 1.165) is 30.6 Å². The smallest absolute Gasteiger partial charge is 0.244 e. The molecule has 0 aliphatic rings. The van der Waals surface area contributed by atoms with E-state index < -0.39 is 0 Å². The van der Waals surface area contributed by atoms with Crippen molar-refractivity contribution >= 4 is 12.0 Å². The first kappa shape index (κ1) is 16.2. The average Bonchev–Trinajstić information content (AvgIpc) is 2.49. The molecule has 0 saturated heterocycles. The van der Waals surface area contributed by atoms with E-state index >= 15 is 0 Å². The predicted molar refractivity (Wildman–Crippen MR) is 82.5 cm³/mol. The number of unbranched alkanes of at least 4 members (excludes halogenated alkanes) is 1. The molecule has 0 saturated carbocycles. The molecular weight excluding hydrogens is 252 g/mol. The van der Waals surface area contributed by atoms with Crippen molar-refractivity contribution in [2.45, 2.75) is 32.2 Å². The summed E-state index contributed by atoms with van der Waals surface area (Å²) in [6.45, 7) is 2.60. The maximum atomic E-state index is 11.8. The normalized spacial score (nSPS) is 12.3. The molecule has 0 aliphatic heterocycles. The monoisotopic (exact) mass is 276 g/mol. The maximum Gasteiger partial charge on any atom is 0.244 e. The fourth-order valence-corrected chi connectivity index (χ4v) is 1.84. The Labute approximate surface area is 121 Å². The van der Waals surface area contributed by atoms with E-state index in [1.807, 2.05) is 24.3 Å². The molecule has 1 unspecified atom stereocenters. The molecule has 20 heavy (non-hydrogen) atoms. The summed E-state index contributed by atoms with van der Waals surface area (Å²) in [5.74, 6) is 0.696. The van der Waals surface area contributed by atoms with Gasteiger partial charge in [0.15, 0.2) is 0 Å². The van der Waals surface area contributed by atoms with Crippen LogP contribution in [0.5, 0.6) is 5.75 Å². The number of nitrogens with two attached hydrogens (primary N) is 1. The maximum absolute atomic E-state index is 11.8. The average molecular weight is 276 g/mol. The van der Waals surface area contributed by atoms with Crippen molar-refractivity contribution in [1.82, 2.24) is 5.32 Å². The van der Waals surface area contributed by atoms with Gasteiger partial charge < -0.3 is 15.8 Å². The first-order valence-electron chi connectivity index (χ1n) is 7.02. The Kier molecular flexibility index (Phi) is 7.43. The summed E-state index contributed by atoms with van der Waals surface area (Å²) in [6, 6.07) is 7.59. The second-order valence-electron chi connectivity index (χ2n) is 4.69. The lowest BCUT2D eigenvalue weighted by molar-refractivity contribution is -0.117. The zero-order valence-corrected chi connectivity index (χ0v) is 12.3. The Morgan fingerprint density at radius 3 is 2.65 bits per heavy atom. The SMILES string of the molecule is CCCCC(CN)NC(=O)/C=C/c1ccc(OC)cc1. The van der Waals surface area contributed by atoms with Crippen LogP contribution in [0.1, 0.15) is 31.7 Å². The third-order valence-corrected chi connectivity index (χ3v) is 3.08. The van der Waals surface area contributed by atoms with Crippen molar-refractivity contribution in [3.63, 3.8) is 0 Å². The first-order valence-corrected chi connectivity index (χ1v) is 7.02. The van der Waals surface area contributed by atoms with Gasteiger partial charge in [-0.15, -0.1) is 0 Å². The molecule has 3 N–H and O–H groups in total. The van der Waals surface area contributed by atoms with E-state index in [-0.39, 0.29) is 11.9 Å². The molecule has 0 heterocycles. The first-order chi connectivity index (χ1) is 9.69. The Balaban J connectivity index is 2.48. The summed E-state index contributed by atoms with van der Waals surface area (Å²) in [7, 11) is 1.63. The minimum absolute atomic E-state index is 0.0583. The molecule has 1 rings (SSSR count). The number of hydrogen-bond acceptors (Lipinski definition) is 3. The van der Waals surface area contributed by atoms with Crippen LogP contribution in [0.15, 0.2) is 30.3 Å². The lowest BCUT2D eigenvalue weighted by Gasteiger charge is -2.14. The summed E-state index contributed by atoms with van der Waals surface area (Å²) >= 11 is 0. The highest BCUT2D eigenvalue weighted by Gasteiger charge is 2.07. The van der Waals surface area contributed by atoms with Gasteiger partial charge in [0.25, 0.3) is 0 Å². The number of methoxy groups -OCH3 is 1. The second-order valence-corrected chi connectivity index (χ2v) is 4.69. The summed E-state index contributed by atoms with van der Waals surface area (Å²) in [5.41, 5.74) is 6.61. The van der Waals surface area contributed by atoms with Crippen LogP contribution in [-0.2, 0) is 4.79 Å². The number of benzene rings is 1. The van der Waals surface area contributed by atoms with Gasteiger partial charge in [0, 0.05) is 18.7 Å². The van der Waals surface area contributed by atoms with Crippen LogP contribution in [0.25, 0.3) is 6.08 Å². The molecule has 0 aliphatic carbocycles. The Hall–Kier alpha value is -1.81. The molecule has 1 amide bonds. The van der Waals surface area contributed by atoms with Crippen molar-refractivity contribution in [3.05, 3.63) is 35.9 Å². The van der Waals surface area contributed by atoms with Crippen LogP contribution in [0.3, 0.4) is 0 Å². The highest BCUT2D eigenvalue weighted by Crippen LogP contribution is 2.12. The van der Waals surface area contributed by atoms with Crippen molar-refractivity contribution in [2.24, 2.45) is 5.73 Å².